The summed E-state index contributed by atoms with van der Waals surface area (Å²) in [4.78, 5) is 14.6. The number of carbonyl (C=O) groups excluding carboxylic acids is 1. The Kier molecular flexibility index (Phi) is 5.76. The molecule has 7 heteroatoms. The largest absolute Gasteiger partial charge is 0.487 e. The van der Waals surface area contributed by atoms with Gasteiger partial charge in [0.2, 0.25) is 0 Å². The van der Waals surface area contributed by atoms with Crippen molar-refractivity contribution in [2.45, 2.75) is 19.1 Å². The molecule has 2 aromatic carbocycles. The van der Waals surface area contributed by atoms with E-state index in [1.165, 1.54) is 0 Å². The van der Waals surface area contributed by atoms with Gasteiger partial charge in [0.1, 0.15) is 18.5 Å². The summed E-state index contributed by atoms with van der Waals surface area (Å²) in [6, 6.07) is 15.3. The molecule has 1 aliphatic heterocycles. The molecule has 150 valence electrons. The SMILES string of the molecule is CN1CC[C@H](Oc2cc(-c3cn[nH]c3)ccc2NC(=O)OCc2ccccc2)C1. The van der Waals surface area contributed by atoms with E-state index in [4.69, 9.17) is 9.47 Å². The summed E-state index contributed by atoms with van der Waals surface area (Å²) in [7, 11) is 2.07. The third kappa shape index (κ3) is 4.94. The lowest BCUT2D eigenvalue weighted by atomic mass is 10.1. The number of aromatic amines is 1. The van der Waals surface area contributed by atoms with Crippen molar-refractivity contribution in [3.8, 4) is 16.9 Å². The van der Waals surface area contributed by atoms with Gasteiger partial charge in [0.05, 0.1) is 11.9 Å². The molecule has 3 aromatic rings. The zero-order valence-corrected chi connectivity index (χ0v) is 16.3. The second-order valence-electron chi connectivity index (χ2n) is 7.18. The zero-order chi connectivity index (χ0) is 20.1. The minimum atomic E-state index is -0.515. The van der Waals surface area contributed by atoms with Gasteiger partial charge in [0.25, 0.3) is 0 Å². The lowest BCUT2D eigenvalue weighted by Gasteiger charge is -2.18. The number of likely N-dealkylation sites (N-methyl/N-ethyl adjacent to an activating group) is 1. The molecule has 1 atom stereocenters. The number of nitrogens with zero attached hydrogens (tertiary/aromatic N) is 2. The Balaban J connectivity index is 1.49. The number of hydrogen-bond acceptors (Lipinski definition) is 5. The zero-order valence-electron chi connectivity index (χ0n) is 16.3. The smallest absolute Gasteiger partial charge is 0.412 e. The molecule has 1 fully saturated rings. The number of amides is 1. The van der Waals surface area contributed by atoms with Crippen molar-refractivity contribution in [2.24, 2.45) is 0 Å². The van der Waals surface area contributed by atoms with Gasteiger partial charge in [-0.25, -0.2) is 4.79 Å². The Bertz CT molecular complexity index is 944. The predicted octanol–water partition coefficient (Wildman–Crippen LogP) is 3.91. The van der Waals surface area contributed by atoms with Gasteiger partial charge in [-0.2, -0.15) is 5.10 Å². The molecule has 7 nitrogen and oxygen atoms in total. The highest BCUT2D eigenvalue weighted by Gasteiger charge is 2.23. The molecule has 2 heterocycles. The van der Waals surface area contributed by atoms with Crippen LogP contribution < -0.4 is 10.1 Å². The van der Waals surface area contributed by atoms with Gasteiger partial charge in [0.15, 0.2) is 0 Å². The molecule has 1 aliphatic rings. The van der Waals surface area contributed by atoms with Gasteiger partial charge in [-0.15, -0.1) is 0 Å². The van der Waals surface area contributed by atoms with Crippen LogP contribution in [0, 0.1) is 0 Å². The van der Waals surface area contributed by atoms with Crippen molar-refractivity contribution in [1.29, 1.82) is 0 Å². The van der Waals surface area contributed by atoms with E-state index in [1.807, 2.05) is 54.7 Å². The third-order valence-corrected chi connectivity index (χ3v) is 4.90. The van der Waals surface area contributed by atoms with E-state index in [-0.39, 0.29) is 12.7 Å². The number of ether oxygens (including phenoxy) is 2. The average Bonchev–Trinajstić information content (AvgIpc) is 3.41. The second kappa shape index (κ2) is 8.79. The first-order chi connectivity index (χ1) is 14.2. The van der Waals surface area contributed by atoms with Gasteiger partial charge in [0, 0.05) is 24.8 Å². The number of hydrogen-bond donors (Lipinski definition) is 2. The molecule has 0 unspecified atom stereocenters. The van der Waals surface area contributed by atoms with Crippen molar-refractivity contribution in [3.63, 3.8) is 0 Å². The van der Waals surface area contributed by atoms with E-state index < -0.39 is 6.09 Å². The molecule has 0 saturated carbocycles. The van der Waals surface area contributed by atoms with Crippen molar-refractivity contribution < 1.29 is 14.3 Å². The van der Waals surface area contributed by atoms with E-state index in [0.29, 0.717) is 11.4 Å². The molecule has 1 saturated heterocycles. The number of H-pyrrole nitrogens is 1. The summed E-state index contributed by atoms with van der Waals surface area (Å²) in [6.45, 7) is 2.06. The average molecular weight is 392 g/mol. The molecule has 1 aromatic heterocycles. The fraction of sp³-hybridized carbons (Fsp3) is 0.273. The lowest BCUT2D eigenvalue weighted by molar-refractivity contribution is 0.154. The van der Waals surface area contributed by atoms with Crippen LogP contribution in [-0.4, -0.2) is 47.4 Å². The quantitative estimate of drug-likeness (QED) is 0.665. The van der Waals surface area contributed by atoms with Crippen LogP contribution in [0.2, 0.25) is 0 Å². The highest BCUT2D eigenvalue weighted by molar-refractivity contribution is 5.87. The molecule has 0 aliphatic carbocycles. The van der Waals surface area contributed by atoms with Crippen LogP contribution in [0.25, 0.3) is 11.1 Å². The monoisotopic (exact) mass is 392 g/mol. The first kappa shape index (κ1) is 19.0. The van der Waals surface area contributed by atoms with E-state index >= 15 is 0 Å². The van der Waals surface area contributed by atoms with Crippen LogP contribution in [-0.2, 0) is 11.3 Å². The topological polar surface area (TPSA) is 79.5 Å². The van der Waals surface area contributed by atoms with Gasteiger partial charge in [-0.3, -0.25) is 10.4 Å². The van der Waals surface area contributed by atoms with Crippen LogP contribution in [0.4, 0.5) is 10.5 Å². The first-order valence-electron chi connectivity index (χ1n) is 9.63. The number of likely N-dealkylation sites (tertiary alicyclic amines) is 1. The van der Waals surface area contributed by atoms with E-state index in [1.54, 1.807) is 6.20 Å². The first-order valence-corrected chi connectivity index (χ1v) is 9.63. The fourth-order valence-corrected chi connectivity index (χ4v) is 3.35. The van der Waals surface area contributed by atoms with Crippen molar-refractivity contribution in [3.05, 3.63) is 66.5 Å². The minimum Gasteiger partial charge on any atom is -0.487 e. The Morgan fingerprint density at radius 1 is 1.24 bits per heavy atom. The summed E-state index contributed by atoms with van der Waals surface area (Å²) in [5.41, 5.74) is 3.44. The summed E-state index contributed by atoms with van der Waals surface area (Å²) >= 11 is 0. The van der Waals surface area contributed by atoms with Crippen molar-refractivity contribution in [1.82, 2.24) is 15.1 Å². The molecular weight excluding hydrogens is 368 g/mol. The highest BCUT2D eigenvalue weighted by atomic mass is 16.5. The summed E-state index contributed by atoms with van der Waals surface area (Å²) in [5, 5.41) is 9.64. The normalized spacial score (nSPS) is 16.5. The van der Waals surface area contributed by atoms with Crippen LogP contribution in [0.1, 0.15) is 12.0 Å². The standard InChI is InChI=1S/C22H24N4O3/c1-26-10-9-19(14-26)29-21-11-17(18-12-23-24-13-18)7-8-20(21)25-22(27)28-15-16-5-3-2-4-6-16/h2-8,11-13,19H,9-10,14-15H2,1H3,(H,23,24)(H,25,27)/t19-/m0/s1. The van der Waals surface area contributed by atoms with Crippen LogP contribution >= 0.6 is 0 Å². The van der Waals surface area contributed by atoms with E-state index in [2.05, 4.69) is 27.5 Å². The number of benzene rings is 2. The van der Waals surface area contributed by atoms with Crippen LogP contribution in [0.5, 0.6) is 5.75 Å². The number of rotatable bonds is 6. The lowest BCUT2D eigenvalue weighted by Crippen LogP contribution is -2.22. The number of carbonyl (C=O) groups is 1. The molecule has 0 bridgehead atoms. The third-order valence-electron chi connectivity index (χ3n) is 4.90. The molecule has 0 radical (unpaired) electrons. The Morgan fingerprint density at radius 3 is 2.83 bits per heavy atom. The molecular formula is C22H24N4O3. The Hall–Kier alpha value is -3.32. The fourth-order valence-electron chi connectivity index (χ4n) is 3.35. The number of anilines is 1. The maximum atomic E-state index is 12.3. The maximum Gasteiger partial charge on any atom is 0.412 e. The number of aromatic nitrogens is 2. The Labute approximate surface area is 169 Å². The van der Waals surface area contributed by atoms with Crippen LogP contribution in [0.3, 0.4) is 0 Å². The molecule has 29 heavy (non-hydrogen) atoms. The van der Waals surface area contributed by atoms with E-state index in [0.717, 1.165) is 36.2 Å². The second-order valence-corrected chi connectivity index (χ2v) is 7.18. The van der Waals surface area contributed by atoms with Gasteiger partial charge >= 0.3 is 6.09 Å². The summed E-state index contributed by atoms with van der Waals surface area (Å²) in [5.74, 6) is 0.626. The van der Waals surface area contributed by atoms with Gasteiger partial charge in [-0.1, -0.05) is 36.4 Å². The minimum absolute atomic E-state index is 0.0838. The predicted molar refractivity (Wildman–Crippen MR) is 111 cm³/mol. The van der Waals surface area contributed by atoms with Gasteiger partial charge < -0.3 is 14.4 Å². The molecule has 2 N–H and O–H groups in total. The van der Waals surface area contributed by atoms with Crippen LogP contribution in [0.15, 0.2) is 60.9 Å². The highest BCUT2D eigenvalue weighted by Crippen LogP contribution is 2.32. The molecule has 0 spiro atoms. The summed E-state index contributed by atoms with van der Waals surface area (Å²) in [6.07, 6.45) is 4.09. The number of nitrogens with one attached hydrogen (secondary N) is 2. The summed E-state index contributed by atoms with van der Waals surface area (Å²) < 4.78 is 11.6. The molecule has 4 rings (SSSR count). The molecule has 1 amide bonds. The van der Waals surface area contributed by atoms with E-state index in [9.17, 15) is 4.79 Å². The maximum absolute atomic E-state index is 12.3. The van der Waals surface area contributed by atoms with Crippen molar-refractivity contribution >= 4 is 11.8 Å². The van der Waals surface area contributed by atoms with Crippen molar-refractivity contribution in [2.75, 3.05) is 25.5 Å². The Morgan fingerprint density at radius 2 is 2.10 bits per heavy atom. The van der Waals surface area contributed by atoms with Gasteiger partial charge in [-0.05, 0) is 36.7 Å².